The highest BCUT2D eigenvalue weighted by molar-refractivity contribution is 8.92. The van der Waals surface area contributed by atoms with Gasteiger partial charge in [0.2, 0.25) is 0 Å². The molecule has 0 aliphatic carbocycles. The largest absolute Gasteiger partial charge is 0.237 e. The topological polar surface area (TPSA) is 49.6 Å². The zero-order valence-electron chi connectivity index (χ0n) is 6.31. The minimum absolute atomic E-state index is 0.0357. The first-order chi connectivity index (χ1) is 5.74. The van der Waals surface area contributed by atoms with Crippen molar-refractivity contribution in [3.05, 3.63) is 23.8 Å². The summed E-state index contributed by atoms with van der Waals surface area (Å²) in [6.07, 6.45) is 3.13. The lowest BCUT2D eigenvalue weighted by molar-refractivity contribution is 0.887. The summed E-state index contributed by atoms with van der Waals surface area (Å²) in [5.41, 5.74) is 0.512. The van der Waals surface area contributed by atoms with Gasteiger partial charge in [-0.3, -0.25) is 0 Å². The smallest absolute Gasteiger partial charge is 0.155 e. The van der Waals surface area contributed by atoms with E-state index in [9.17, 15) is 0 Å². The maximum atomic E-state index is 8.51. The van der Waals surface area contributed by atoms with E-state index in [4.69, 9.17) is 5.26 Å². The van der Waals surface area contributed by atoms with Crippen molar-refractivity contribution in [2.45, 2.75) is 11.0 Å². The molecule has 0 radical (unpaired) electrons. The molecule has 0 bridgehead atoms. The molecule has 0 N–H and O–H groups in total. The van der Waals surface area contributed by atoms with Gasteiger partial charge in [-0.25, -0.2) is 9.97 Å². The van der Waals surface area contributed by atoms with E-state index >= 15 is 0 Å². The van der Waals surface area contributed by atoms with Crippen LogP contribution in [0.4, 0.5) is 0 Å². The van der Waals surface area contributed by atoms with Crippen LogP contribution in [0, 0.1) is 11.3 Å². The zero-order valence-corrected chi connectivity index (χ0v) is 7.95. The number of rotatable bonds is 1. The van der Waals surface area contributed by atoms with Crippen LogP contribution in [0.15, 0.2) is 12.4 Å². The van der Waals surface area contributed by atoms with Crippen LogP contribution in [0.2, 0.25) is 0 Å². The molecule has 60 valence electrons. The van der Waals surface area contributed by atoms with Gasteiger partial charge in [0.25, 0.3) is 0 Å². The Labute approximate surface area is 78.0 Å². The van der Waals surface area contributed by atoms with Crippen LogP contribution in [0.25, 0.3) is 0 Å². The maximum absolute atomic E-state index is 8.51. The molecule has 0 spiro atoms. The molecule has 1 aromatic heterocycles. The first kappa shape index (κ1) is 7.90. The molecular weight excluding hydrogens is 190 g/mol. The predicted octanol–water partition coefficient (Wildman–Crippen LogP) is 1.92. The lowest BCUT2D eigenvalue weighted by Gasteiger charge is -2.00. The van der Waals surface area contributed by atoms with E-state index in [0.29, 0.717) is 5.56 Å². The van der Waals surface area contributed by atoms with Crippen molar-refractivity contribution >= 4 is 21.6 Å². The van der Waals surface area contributed by atoms with Gasteiger partial charge in [-0.05, 0) is 6.92 Å². The van der Waals surface area contributed by atoms with Gasteiger partial charge < -0.3 is 0 Å². The lowest BCUT2D eigenvalue weighted by atomic mass is 10.3. The fraction of sp³-hybridized carbons (Fsp3) is 0.286. The summed E-state index contributed by atoms with van der Waals surface area (Å²) < 4.78 is 0.0357. The number of nitrogens with zero attached hydrogens (tertiary/aromatic N) is 3. The molecule has 0 saturated carbocycles. The molecule has 2 rings (SSSR count). The van der Waals surface area contributed by atoms with Gasteiger partial charge in [0.15, 0.2) is 5.82 Å². The summed E-state index contributed by atoms with van der Waals surface area (Å²) in [6, 6.07) is 1.99. The fourth-order valence-electron chi connectivity index (χ4n) is 0.757. The molecule has 1 fully saturated rings. The third-order valence-corrected chi connectivity index (χ3v) is 4.55. The molecule has 0 amide bonds. The van der Waals surface area contributed by atoms with Crippen molar-refractivity contribution in [1.29, 1.82) is 5.26 Å². The van der Waals surface area contributed by atoms with Crippen LogP contribution in [0.1, 0.15) is 18.3 Å². The molecule has 1 aliphatic rings. The monoisotopic (exact) mass is 195 g/mol. The number of aromatic nitrogens is 2. The molecule has 0 aromatic carbocycles. The Balaban J connectivity index is 2.32. The zero-order chi connectivity index (χ0) is 8.60. The molecule has 0 atom stereocenters. The van der Waals surface area contributed by atoms with Crippen LogP contribution in [0.3, 0.4) is 0 Å². The van der Waals surface area contributed by atoms with Gasteiger partial charge in [-0.2, -0.15) is 5.26 Å². The van der Waals surface area contributed by atoms with Crippen molar-refractivity contribution in [3.63, 3.8) is 0 Å². The Kier molecular flexibility index (Phi) is 1.74. The van der Waals surface area contributed by atoms with Crippen LogP contribution in [-0.4, -0.2) is 9.97 Å². The van der Waals surface area contributed by atoms with E-state index in [1.165, 1.54) is 0 Å². The van der Waals surface area contributed by atoms with Gasteiger partial charge in [0.1, 0.15) is 10.1 Å². The Morgan fingerprint density at radius 1 is 1.42 bits per heavy atom. The molecule has 3 nitrogen and oxygen atoms in total. The number of hydrogen-bond donors (Lipinski definition) is 0. The van der Waals surface area contributed by atoms with E-state index < -0.39 is 0 Å². The molecular formula is C7H5N3S2. The predicted molar refractivity (Wildman–Crippen MR) is 49.3 cm³/mol. The van der Waals surface area contributed by atoms with Crippen molar-refractivity contribution in [3.8, 4) is 6.07 Å². The number of nitriles is 1. The average molecular weight is 195 g/mol. The molecule has 1 saturated heterocycles. The Morgan fingerprint density at radius 2 is 2.00 bits per heavy atom. The third kappa shape index (κ3) is 1.28. The fourth-order valence-corrected chi connectivity index (χ4v) is 2.06. The Hall–Kier alpha value is -0.730. The third-order valence-electron chi connectivity index (χ3n) is 1.52. The van der Waals surface area contributed by atoms with Gasteiger partial charge >= 0.3 is 0 Å². The summed E-state index contributed by atoms with van der Waals surface area (Å²) in [4.78, 5) is 8.22. The van der Waals surface area contributed by atoms with Crippen LogP contribution in [-0.2, 0) is 4.08 Å². The van der Waals surface area contributed by atoms with E-state index in [1.807, 2.05) is 6.07 Å². The maximum Gasteiger partial charge on any atom is 0.155 e. The van der Waals surface area contributed by atoms with Crippen molar-refractivity contribution in [2.75, 3.05) is 0 Å². The van der Waals surface area contributed by atoms with E-state index in [2.05, 4.69) is 16.9 Å². The number of hydrogen-bond acceptors (Lipinski definition) is 5. The minimum atomic E-state index is 0.0357. The average Bonchev–Trinajstić information content (AvgIpc) is 2.85. The van der Waals surface area contributed by atoms with Crippen LogP contribution >= 0.6 is 21.6 Å². The van der Waals surface area contributed by atoms with Crippen molar-refractivity contribution < 1.29 is 0 Å². The Morgan fingerprint density at radius 3 is 2.42 bits per heavy atom. The molecule has 1 aromatic rings. The Bertz CT molecular complexity index is 337. The quantitative estimate of drug-likeness (QED) is 0.506. The molecule has 2 heterocycles. The SMILES string of the molecule is CC1(c2ncc(C#N)cn2)SS1. The molecule has 5 heteroatoms. The van der Waals surface area contributed by atoms with Gasteiger partial charge in [0.05, 0.1) is 5.56 Å². The second-order valence-electron chi connectivity index (χ2n) is 2.52. The molecule has 12 heavy (non-hydrogen) atoms. The normalized spacial score (nSPS) is 18.3. The van der Waals surface area contributed by atoms with Crippen molar-refractivity contribution in [1.82, 2.24) is 9.97 Å². The highest BCUT2D eigenvalue weighted by Gasteiger charge is 2.45. The summed E-state index contributed by atoms with van der Waals surface area (Å²) in [7, 11) is 3.49. The van der Waals surface area contributed by atoms with Gasteiger partial charge in [-0.1, -0.05) is 21.6 Å². The van der Waals surface area contributed by atoms with Crippen LogP contribution in [0.5, 0.6) is 0 Å². The van der Waals surface area contributed by atoms with E-state index in [0.717, 1.165) is 5.82 Å². The minimum Gasteiger partial charge on any atom is -0.237 e. The second kappa shape index (κ2) is 2.64. The summed E-state index contributed by atoms with van der Waals surface area (Å²) in [5, 5.41) is 8.51. The highest BCUT2D eigenvalue weighted by atomic mass is 33.2. The second-order valence-corrected chi connectivity index (χ2v) is 5.74. The van der Waals surface area contributed by atoms with E-state index in [1.54, 1.807) is 34.0 Å². The lowest BCUT2D eigenvalue weighted by Crippen LogP contribution is -2.03. The first-order valence-electron chi connectivity index (χ1n) is 3.34. The van der Waals surface area contributed by atoms with Gasteiger partial charge in [-0.15, -0.1) is 0 Å². The highest BCUT2D eigenvalue weighted by Crippen LogP contribution is 2.70. The first-order valence-corrected chi connectivity index (χ1v) is 5.49. The summed E-state index contributed by atoms with van der Waals surface area (Å²) in [6.45, 7) is 2.07. The van der Waals surface area contributed by atoms with Gasteiger partial charge in [0, 0.05) is 12.4 Å². The standard InChI is InChI=1S/C7H5N3S2/c1-7(11-12-7)6-9-3-5(2-8)4-10-6/h3-4H,1H3. The summed E-state index contributed by atoms with van der Waals surface area (Å²) >= 11 is 0. The summed E-state index contributed by atoms with van der Waals surface area (Å²) in [5.74, 6) is 0.802. The molecule has 1 aliphatic heterocycles. The van der Waals surface area contributed by atoms with E-state index in [-0.39, 0.29) is 4.08 Å². The van der Waals surface area contributed by atoms with Crippen LogP contribution < -0.4 is 0 Å². The van der Waals surface area contributed by atoms with Crippen molar-refractivity contribution in [2.24, 2.45) is 0 Å². The molecule has 0 unspecified atom stereocenters.